The van der Waals surface area contributed by atoms with Gasteiger partial charge >= 0.3 is 6.03 Å². The number of hydrogen-bond donors (Lipinski definition) is 2. The second-order valence-electron chi connectivity index (χ2n) is 6.60. The summed E-state index contributed by atoms with van der Waals surface area (Å²) >= 11 is 0. The molecular weight excluding hydrogens is 354 g/mol. The maximum Gasteiger partial charge on any atom is 0.321 e. The highest BCUT2D eigenvalue weighted by Crippen LogP contribution is 2.27. The molecule has 2 aliphatic heterocycles. The van der Waals surface area contributed by atoms with Crippen LogP contribution in [-0.4, -0.2) is 35.8 Å². The summed E-state index contributed by atoms with van der Waals surface area (Å²) < 4.78 is 5.49. The Hall–Kier alpha value is -2.12. The van der Waals surface area contributed by atoms with Gasteiger partial charge in [0.1, 0.15) is 0 Å². The molecule has 0 spiro atoms. The molecule has 140 valence electrons. The topological polar surface area (TPSA) is 83.3 Å². The van der Waals surface area contributed by atoms with Gasteiger partial charge in [-0.1, -0.05) is 24.1 Å². The van der Waals surface area contributed by atoms with E-state index < -0.39 is 0 Å². The first kappa shape index (κ1) is 18.7. The minimum atomic E-state index is -0.0581. The number of hydrogen-bond acceptors (Lipinski definition) is 5. The first-order valence-electron chi connectivity index (χ1n) is 9.04. The smallest absolute Gasteiger partial charge is 0.321 e. The van der Waals surface area contributed by atoms with Gasteiger partial charge in [-0.3, -0.25) is 4.90 Å². The Kier molecular flexibility index (Phi) is 6.11. The van der Waals surface area contributed by atoms with Crippen molar-refractivity contribution in [3.63, 3.8) is 0 Å². The average Bonchev–Trinajstić information content (AvgIpc) is 2.98. The highest BCUT2D eigenvalue weighted by molar-refractivity contribution is 5.93. The van der Waals surface area contributed by atoms with Crippen LogP contribution >= 0.6 is 12.4 Å². The molecule has 2 N–H and O–H groups in total. The fourth-order valence-electron chi connectivity index (χ4n) is 3.43. The normalized spacial score (nSPS) is 20.8. The van der Waals surface area contributed by atoms with Crippen molar-refractivity contribution >= 4 is 24.1 Å². The van der Waals surface area contributed by atoms with Crippen molar-refractivity contribution in [3.05, 3.63) is 30.1 Å². The second-order valence-corrected chi connectivity index (χ2v) is 6.60. The molecule has 7 nitrogen and oxygen atoms in total. The lowest BCUT2D eigenvalue weighted by molar-refractivity contribution is 0.243. The summed E-state index contributed by atoms with van der Waals surface area (Å²) in [6.45, 7) is 2.45. The van der Waals surface area contributed by atoms with E-state index in [1.807, 2.05) is 24.3 Å². The van der Waals surface area contributed by atoms with Crippen LogP contribution in [0.15, 0.2) is 28.8 Å². The number of anilines is 1. The van der Waals surface area contributed by atoms with Crippen molar-refractivity contribution in [1.29, 1.82) is 0 Å². The zero-order chi connectivity index (χ0) is 17.1. The molecule has 0 radical (unpaired) electrons. The van der Waals surface area contributed by atoms with E-state index in [9.17, 15) is 4.79 Å². The summed E-state index contributed by atoms with van der Waals surface area (Å²) in [4.78, 5) is 18.4. The van der Waals surface area contributed by atoms with Crippen LogP contribution in [-0.2, 0) is 0 Å². The summed E-state index contributed by atoms with van der Waals surface area (Å²) in [6.07, 6.45) is 5.59. The van der Waals surface area contributed by atoms with Crippen LogP contribution in [0, 0.1) is 0 Å². The van der Waals surface area contributed by atoms with E-state index >= 15 is 0 Å². The van der Waals surface area contributed by atoms with Crippen molar-refractivity contribution in [2.45, 2.75) is 38.1 Å². The zero-order valence-electron chi connectivity index (χ0n) is 14.6. The molecule has 4 rings (SSSR count). The lowest BCUT2D eigenvalue weighted by Crippen LogP contribution is -2.46. The van der Waals surface area contributed by atoms with Gasteiger partial charge < -0.3 is 15.2 Å². The van der Waals surface area contributed by atoms with Gasteiger partial charge in [0.05, 0.1) is 6.04 Å². The van der Waals surface area contributed by atoms with E-state index in [0.717, 1.165) is 49.6 Å². The van der Waals surface area contributed by atoms with E-state index in [1.54, 1.807) is 4.90 Å². The summed E-state index contributed by atoms with van der Waals surface area (Å²) in [5.41, 5.74) is 1.69. The van der Waals surface area contributed by atoms with Gasteiger partial charge in [-0.25, -0.2) is 4.79 Å². The summed E-state index contributed by atoms with van der Waals surface area (Å²) in [5.74, 6) is 1.22. The first-order chi connectivity index (χ1) is 12.3. The third-order valence-electron chi connectivity index (χ3n) is 4.80. The van der Waals surface area contributed by atoms with Crippen molar-refractivity contribution in [2.75, 3.05) is 24.5 Å². The Morgan fingerprint density at radius 1 is 1.15 bits per heavy atom. The molecule has 1 aromatic carbocycles. The van der Waals surface area contributed by atoms with Crippen LogP contribution in [0.4, 0.5) is 10.5 Å². The van der Waals surface area contributed by atoms with E-state index in [1.165, 1.54) is 19.3 Å². The average molecular weight is 378 g/mol. The van der Waals surface area contributed by atoms with Crippen LogP contribution in [0.5, 0.6) is 0 Å². The van der Waals surface area contributed by atoms with E-state index in [4.69, 9.17) is 4.52 Å². The molecule has 1 unspecified atom stereocenters. The Bertz CT molecular complexity index is 743. The van der Waals surface area contributed by atoms with Crippen LogP contribution < -0.4 is 15.5 Å². The van der Waals surface area contributed by atoms with E-state index in [0.29, 0.717) is 5.89 Å². The highest BCUT2D eigenvalue weighted by Gasteiger charge is 2.22. The van der Waals surface area contributed by atoms with E-state index in [-0.39, 0.29) is 24.5 Å². The highest BCUT2D eigenvalue weighted by atomic mass is 35.5. The number of carbonyl (C=O) groups excluding carboxylic acids is 1. The number of benzene rings is 1. The molecule has 0 aliphatic carbocycles. The molecular formula is C18H24ClN5O2. The molecule has 8 heteroatoms. The largest absolute Gasteiger partial charge is 0.338 e. The van der Waals surface area contributed by atoms with Gasteiger partial charge in [0, 0.05) is 24.3 Å². The molecule has 0 bridgehead atoms. The first-order valence-corrected chi connectivity index (χ1v) is 9.04. The Morgan fingerprint density at radius 3 is 2.96 bits per heavy atom. The van der Waals surface area contributed by atoms with Gasteiger partial charge in [0.15, 0.2) is 5.82 Å². The standard InChI is InChI=1S/C18H23N5O2.ClH/c24-18-20-10-5-11-23(18)14-7-4-6-13(12-14)17-21-16(22-25-17)15-8-2-1-3-9-19-15;/h4,6-7,12,15,19H,1-3,5,8-11H2,(H,20,24);1H. The minimum absolute atomic E-state index is 0. The molecule has 2 fully saturated rings. The molecule has 1 atom stereocenters. The zero-order valence-corrected chi connectivity index (χ0v) is 15.4. The molecule has 2 saturated heterocycles. The second kappa shape index (κ2) is 8.51. The lowest BCUT2D eigenvalue weighted by atomic mass is 10.1. The maximum atomic E-state index is 12.0. The fourth-order valence-corrected chi connectivity index (χ4v) is 3.43. The number of amides is 2. The minimum Gasteiger partial charge on any atom is -0.338 e. The summed E-state index contributed by atoms with van der Waals surface area (Å²) in [5, 5.41) is 10.5. The third kappa shape index (κ3) is 3.99. The number of nitrogens with zero attached hydrogens (tertiary/aromatic N) is 3. The number of halogens is 1. The molecule has 0 saturated carbocycles. The van der Waals surface area contributed by atoms with Gasteiger partial charge in [-0.15, -0.1) is 12.4 Å². The number of rotatable bonds is 3. The summed E-state index contributed by atoms with van der Waals surface area (Å²) in [7, 11) is 0. The fraction of sp³-hybridized carbons (Fsp3) is 0.500. The predicted molar refractivity (Wildman–Crippen MR) is 102 cm³/mol. The SMILES string of the molecule is Cl.O=C1NCCCN1c1cccc(-c2nc(C3CCCCCN3)no2)c1. The van der Waals surface area contributed by atoms with Crippen LogP contribution in [0.25, 0.3) is 11.5 Å². The Morgan fingerprint density at radius 2 is 2.08 bits per heavy atom. The van der Waals surface area contributed by atoms with Crippen molar-refractivity contribution in [1.82, 2.24) is 20.8 Å². The van der Waals surface area contributed by atoms with Crippen molar-refractivity contribution in [2.24, 2.45) is 0 Å². The summed E-state index contributed by atoms with van der Waals surface area (Å²) in [6, 6.07) is 7.82. The van der Waals surface area contributed by atoms with Crippen molar-refractivity contribution in [3.8, 4) is 11.5 Å². The van der Waals surface area contributed by atoms with Gasteiger partial charge in [-0.2, -0.15) is 4.98 Å². The van der Waals surface area contributed by atoms with Crippen LogP contribution in [0.2, 0.25) is 0 Å². The van der Waals surface area contributed by atoms with Crippen molar-refractivity contribution < 1.29 is 9.32 Å². The molecule has 1 aromatic heterocycles. The number of aromatic nitrogens is 2. The quantitative estimate of drug-likeness (QED) is 0.857. The predicted octanol–water partition coefficient (Wildman–Crippen LogP) is 3.28. The molecule has 2 aliphatic rings. The number of urea groups is 1. The Labute approximate surface area is 158 Å². The number of nitrogens with one attached hydrogen (secondary N) is 2. The van der Waals surface area contributed by atoms with E-state index in [2.05, 4.69) is 20.8 Å². The molecule has 2 amide bonds. The van der Waals surface area contributed by atoms with Crippen LogP contribution in [0.1, 0.15) is 44.0 Å². The molecule has 3 heterocycles. The van der Waals surface area contributed by atoms with Gasteiger partial charge in [0.2, 0.25) is 0 Å². The van der Waals surface area contributed by atoms with Gasteiger partial charge in [-0.05, 0) is 44.0 Å². The lowest BCUT2D eigenvalue weighted by Gasteiger charge is -2.27. The van der Waals surface area contributed by atoms with Crippen LogP contribution in [0.3, 0.4) is 0 Å². The van der Waals surface area contributed by atoms with Gasteiger partial charge in [0.25, 0.3) is 5.89 Å². The molecule has 2 aromatic rings. The monoisotopic (exact) mass is 377 g/mol. The Balaban J connectivity index is 0.00000196. The molecule has 26 heavy (non-hydrogen) atoms. The third-order valence-corrected chi connectivity index (χ3v) is 4.80. The number of carbonyl (C=O) groups is 1. The maximum absolute atomic E-state index is 12.0.